The molecular weight excluding hydrogens is 320 g/mol. The van der Waals surface area contributed by atoms with Crippen molar-refractivity contribution in [2.24, 2.45) is 11.8 Å². The Labute approximate surface area is 148 Å². The van der Waals surface area contributed by atoms with Gasteiger partial charge in [0.2, 0.25) is 0 Å². The van der Waals surface area contributed by atoms with Gasteiger partial charge in [0, 0.05) is 37.3 Å². The summed E-state index contributed by atoms with van der Waals surface area (Å²) >= 11 is 0. The van der Waals surface area contributed by atoms with E-state index in [1.807, 2.05) is 20.8 Å². The van der Waals surface area contributed by atoms with Crippen molar-refractivity contribution in [1.82, 2.24) is 9.80 Å². The second kappa shape index (κ2) is 8.14. The summed E-state index contributed by atoms with van der Waals surface area (Å²) in [6.07, 6.45) is 0.473. The lowest BCUT2D eigenvalue weighted by Gasteiger charge is -2.35. The van der Waals surface area contributed by atoms with Crippen LogP contribution in [0, 0.1) is 11.8 Å². The number of likely N-dealkylation sites (tertiary alicyclic amines) is 1. The fourth-order valence-electron chi connectivity index (χ4n) is 3.33. The van der Waals surface area contributed by atoms with E-state index < -0.39 is 11.9 Å². The maximum absolute atomic E-state index is 12.6. The molecule has 1 saturated heterocycles. The lowest BCUT2D eigenvalue weighted by molar-refractivity contribution is -0.145. The number of carbonyl (C=O) groups is 3. The quantitative estimate of drug-likeness (QED) is 0.888. The Kier molecular flexibility index (Phi) is 6.17. The minimum Gasteiger partial charge on any atom is -0.481 e. The van der Waals surface area contributed by atoms with Gasteiger partial charge in [0.1, 0.15) is 0 Å². The van der Waals surface area contributed by atoms with Gasteiger partial charge in [-0.3, -0.25) is 14.4 Å². The van der Waals surface area contributed by atoms with Gasteiger partial charge in [-0.05, 0) is 50.5 Å². The van der Waals surface area contributed by atoms with Crippen molar-refractivity contribution >= 4 is 17.8 Å². The third-order valence-electron chi connectivity index (χ3n) is 4.94. The van der Waals surface area contributed by atoms with Crippen molar-refractivity contribution in [1.29, 1.82) is 0 Å². The van der Waals surface area contributed by atoms with Gasteiger partial charge in [-0.15, -0.1) is 0 Å². The molecular formula is C19H26N2O4. The van der Waals surface area contributed by atoms with Gasteiger partial charge in [-0.1, -0.05) is 6.92 Å². The van der Waals surface area contributed by atoms with Crippen LogP contribution in [-0.4, -0.2) is 58.9 Å². The summed E-state index contributed by atoms with van der Waals surface area (Å²) < 4.78 is 0. The van der Waals surface area contributed by atoms with E-state index in [0.29, 0.717) is 43.7 Å². The first kappa shape index (κ1) is 19.0. The average Bonchev–Trinajstić information content (AvgIpc) is 2.61. The minimum absolute atomic E-state index is 0.0418. The molecule has 0 aromatic heterocycles. The largest absolute Gasteiger partial charge is 0.481 e. The van der Waals surface area contributed by atoms with Crippen LogP contribution in [0.5, 0.6) is 0 Å². The van der Waals surface area contributed by atoms with Crippen molar-refractivity contribution in [3.8, 4) is 0 Å². The molecule has 1 heterocycles. The molecule has 1 N–H and O–H groups in total. The molecule has 0 radical (unpaired) electrons. The molecule has 6 nitrogen and oxygen atoms in total. The topological polar surface area (TPSA) is 77.9 Å². The molecule has 1 aromatic carbocycles. The maximum Gasteiger partial charge on any atom is 0.306 e. The lowest BCUT2D eigenvalue weighted by atomic mass is 9.87. The first-order chi connectivity index (χ1) is 11.9. The zero-order valence-corrected chi connectivity index (χ0v) is 15.1. The normalized spacial score (nSPS) is 20.2. The highest BCUT2D eigenvalue weighted by atomic mass is 16.4. The molecule has 0 saturated carbocycles. The van der Waals surface area contributed by atoms with Crippen molar-refractivity contribution < 1.29 is 19.5 Å². The Morgan fingerprint density at radius 1 is 1.12 bits per heavy atom. The van der Waals surface area contributed by atoms with Crippen LogP contribution in [0.3, 0.4) is 0 Å². The molecule has 136 valence electrons. The van der Waals surface area contributed by atoms with E-state index in [2.05, 4.69) is 0 Å². The number of benzene rings is 1. The fourth-order valence-corrected chi connectivity index (χ4v) is 3.33. The van der Waals surface area contributed by atoms with Crippen LogP contribution < -0.4 is 0 Å². The SMILES string of the molecule is CCN(CC)C(=O)c1ccc(C(=O)N2CCC(C(=O)O)C(C)C2)cc1. The van der Waals surface area contributed by atoms with Crippen molar-refractivity contribution in [2.45, 2.75) is 27.2 Å². The van der Waals surface area contributed by atoms with Crippen molar-refractivity contribution in [2.75, 3.05) is 26.2 Å². The molecule has 2 unspecified atom stereocenters. The molecule has 2 rings (SSSR count). The van der Waals surface area contributed by atoms with Crippen molar-refractivity contribution in [3.63, 3.8) is 0 Å². The molecule has 1 aliphatic heterocycles. The highest BCUT2D eigenvalue weighted by molar-refractivity contribution is 5.98. The van der Waals surface area contributed by atoms with E-state index in [9.17, 15) is 19.5 Å². The van der Waals surface area contributed by atoms with Crippen LogP contribution in [0.4, 0.5) is 0 Å². The van der Waals surface area contributed by atoms with E-state index >= 15 is 0 Å². The molecule has 2 atom stereocenters. The summed E-state index contributed by atoms with van der Waals surface area (Å²) in [6.45, 7) is 7.90. The summed E-state index contributed by atoms with van der Waals surface area (Å²) in [5.41, 5.74) is 1.09. The Morgan fingerprint density at radius 2 is 1.68 bits per heavy atom. The van der Waals surface area contributed by atoms with Crippen LogP contribution in [0.2, 0.25) is 0 Å². The molecule has 0 aliphatic carbocycles. The predicted molar refractivity (Wildman–Crippen MR) is 94.5 cm³/mol. The summed E-state index contributed by atoms with van der Waals surface area (Å²) in [7, 11) is 0. The third-order valence-corrected chi connectivity index (χ3v) is 4.94. The van der Waals surface area contributed by atoms with Crippen LogP contribution in [0.25, 0.3) is 0 Å². The Morgan fingerprint density at radius 3 is 2.16 bits per heavy atom. The molecule has 1 fully saturated rings. The number of hydrogen-bond donors (Lipinski definition) is 1. The number of aliphatic carboxylic acids is 1. The highest BCUT2D eigenvalue weighted by Gasteiger charge is 2.33. The summed E-state index contributed by atoms with van der Waals surface area (Å²) in [5.74, 6) is -1.41. The second-order valence-electron chi connectivity index (χ2n) is 6.52. The average molecular weight is 346 g/mol. The fraction of sp³-hybridized carbons (Fsp3) is 0.526. The van der Waals surface area contributed by atoms with Crippen LogP contribution in [0.1, 0.15) is 47.9 Å². The van der Waals surface area contributed by atoms with Crippen LogP contribution >= 0.6 is 0 Å². The van der Waals surface area contributed by atoms with Gasteiger partial charge in [0.25, 0.3) is 11.8 Å². The van der Waals surface area contributed by atoms with Crippen LogP contribution in [0.15, 0.2) is 24.3 Å². The second-order valence-corrected chi connectivity index (χ2v) is 6.52. The Balaban J connectivity index is 2.06. The predicted octanol–water partition coefficient (Wildman–Crippen LogP) is 2.35. The van der Waals surface area contributed by atoms with E-state index in [1.54, 1.807) is 34.1 Å². The Bertz CT molecular complexity index is 637. The Hall–Kier alpha value is -2.37. The molecule has 0 spiro atoms. The summed E-state index contributed by atoms with van der Waals surface area (Å²) in [4.78, 5) is 39.5. The molecule has 0 bridgehead atoms. The number of carbonyl (C=O) groups excluding carboxylic acids is 2. The van der Waals surface area contributed by atoms with Crippen molar-refractivity contribution in [3.05, 3.63) is 35.4 Å². The number of carboxylic acid groups (broad SMARTS) is 1. The summed E-state index contributed by atoms with van der Waals surface area (Å²) in [5, 5.41) is 9.18. The van der Waals surface area contributed by atoms with Gasteiger partial charge in [-0.25, -0.2) is 0 Å². The maximum atomic E-state index is 12.6. The smallest absolute Gasteiger partial charge is 0.306 e. The molecule has 25 heavy (non-hydrogen) atoms. The third kappa shape index (κ3) is 4.18. The monoisotopic (exact) mass is 346 g/mol. The van der Waals surface area contributed by atoms with Gasteiger partial charge in [-0.2, -0.15) is 0 Å². The number of carboxylic acids is 1. The number of nitrogens with zero attached hydrogens (tertiary/aromatic N) is 2. The van der Waals surface area contributed by atoms with Crippen LogP contribution in [-0.2, 0) is 4.79 Å². The zero-order chi connectivity index (χ0) is 18.6. The number of piperidine rings is 1. The lowest BCUT2D eigenvalue weighted by Crippen LogP contribution is -2.45. The number of rotatable bonds is 5. The van der Waals surface area contributed by atoms with E-state index in [4.69, 9.17) is 0 Å². The minimum atomic E-state index is -0.793. The first-order valence-electron chi connectivity index (χ1n) is 8.80. The van der Waals surface area contributed by atoms with Gasteiger partial charge in [0.05, 0.1) is 5.92 Å². The summed E-state index contributed by atoms with van der Waals surface area (Å²) in [6, 6.07) is 6.71. The van der Waals surface area contributed by atoms with Gasteiger partial charge >= 0.3 is 5.97 Å². The zero-order valence-electron chi connectivity index (χ0n) is 15.1. The first-order valence-corrected chi connectivity index (χ1v) is 8.80. The molecule has 1 aliphatic rings. The number of amides is 2. The van der Waals surface area contributed by atoms with Gasteiger partial charge < -0.3 is 14.9 Å². The highest BCUT2D eigenvalue weighted by Crippen LogP contribution is 2.24. The van der Waals surface area contributed by atoms with Gasteiger partial charge in [0.15, 0.2) is 0 Å². The van der Waals surface area contributed by atoms with E-state index in [1.165, 1.54) is 0 Å². The molecule has 6 heteroatoms. The van der Waals surface area contributed by atoms with E-state index in [-0.39, 0.29) is 17.7 Å². The molecule has 1 aromatic rings. The molecule has 2 amide bonds. The van der Waals surface area contributed by atoms with E-state index in [0.717, 1.165) is 0 Å². The number of hydrogen-bond acceptors (Lipinski definition) is 3. The standard InChI is InChI=1S/C19H26N2O4/c1-4-20(5-2)17(22)14-6-8-15(9-7-14)18(23)21-11-10-16(19(24)25)13(3)12-21/h6-9,13,16H,4-5,10-12H2,1-3H3,(H,24,25).